The van der Waals surface area contributed by atoms with Crippen molar-refractivity contribution in [3.8, 4) is 0 Å². The van der Waals surface area contributed by atoms with Gasteiger partial charge in [0.2, 0.25) is 5.91 Å². The van der Waals surface area contributed by atoms with Crippen LogP contribution in [0.4, 0.5) is 0 Å². The van der Waals surface area contributed by atoms with Crippen molar-refractivity contribution in [2.75, 3.05) is 20.1 Å². The second kappa shape index (κ2) is 6.19. The Morgan fingerprint density at radius 2 is 2.33 bits per heavy atom. The van der Waals surface area contributed by atoms with Crippen LogP contribution in [0.25, 0.3) is 0 Å². The van der Waals surface area contributed by atoms with Crippen LogP contribution in [0, 0.1) is 0 Å². The lowest BCUT2D eigenvalue weighted by molar-refractivity contribution is -0.120. The van der Waals surface area contributed by atoms with Crippen LogP contribution in [0.15, 0.2) is 12.4 Å². The van der Waals surface area contributed by atoms with E-state index in [4.69, 9.17) is 0 Å². The van der Waals surface area contributed by atoms with Gasteiger partial charge in [0.25, 0.3) is 0 Å². The molecule has 0 atom stereocenters. The summed E-state index contributed by atoms with van der Waals surface area (Å²) in [6.45, 7) is 1.60. The minimum absolute atomic E-state index is 0.0730. The predicted octanol–water partition coefficient (Wildman–Crippen LogP) is -0.312. The van der Waals surface area contributed by atoms with Gasteiger partial charge in [-0.25, -0.2) is 0 Å². The molecule has 84 valence electrons. The van der Waals surface area contributed by atoms with Gasteiger partial charge in [0.05, 0.1) is 6.20 Å². The molecule has 0 saturated carbocycles. The van der Waals surface area contributed by atoms with Crippen LogP contribution in [0.2, 0.25) is 0 Å². The molecule has 1 heterocycles. The van der Waals surface area contributed by atoms with Gasteiger partial charge in [0, 0.05) is 33.3 Å². The molecule has 1 aromatic rings. The zero-order valence-corrected chi connectivity index (χ0v) is 9.29. The van der Waals surface area contributed by atoms with E-state index in [1.54, 1.807) is 11.7 Å². The van der Waals surface area contributed by atoms with E-state index in [0.29, 0.717) is 6.42 Å². The van der Waals surface area contributed by atoms with E-state index in [2.05, 4.69) is 15.7 Å². The molecule has 0 spiro atoms. The van der Waals surface area contributed by atoms with E-state index in [9.17, 15) is 4.79 Å². The van der Waals surface area contributed by atoms with Crippen molar-refractivity contribution in [3.05, 3.63) is 18.0 Å². The van der Waals surface area contributed by atoms with E-state index < -0.39 is 0 Å². The number of aromatic nitrogens is 2. The van der Waals surface area contributed by atoms with Crippen molar-refractivity contribution in [1.29, 1.82) is 0 Å². The Hall–Kier alpha value is -1.36. The first kappa shape index (κ1) is 11.7. The van der Waals surface area contributed by atoms with E-state index in [1.807, 2.05) is 19.4 Å². The molecule has 1 aromatic heterocycles. The van der Waals surface area contributed by atoms with Gasteiger partial charge in [-0.05, 0) is 18.5 Å². The van der Waals surface area contributed by atoms with Crippen molar-refractivity contribution in [2.24, 2.45) is 7.05 Å². The van der Waals surface area contributed by atoms with E-state index >= 15 is 0 Å². The molecule has 0 bridgehead atoms. The molecular formula is C10H18N4O. The summed E-state index contributed by atoms with van der Waals surface area (Å²) in [4.78, 5) is 10.9. The number of aryl methyl sites for hydroxylation is 1. The second-order valence-electron chi connectivity index (χ2n) is 3.45. The molecule has 1 amide bonds. The maximum Gasteiger partial charge on any atom is 0.221 e. The third-order valence-corrected chi connectivity index (χ3v) is 2.16. The number of nitrogens with one attached hydrogen (secondary N) is 2. The number of amides is 1. The Morgan fingerprint density at radius 3 is 2.93 bits per heavy atom. The first-order valence-electron chi connectivity index (χ1n) is 5.11. The van der Waals surface area contributed by atoms with Gasteiger partial charge in [0.15, 0.2) is 0 Å². The molecule has 5 nitrogen and oxygen atoms in total. The van der Waals surface area contributed by atoms with Crippen LogP contribution in [0.1, 0.15) is 12.0 Å². The number of nitrogens with zero attached hydrogens (tertiary/aromatic N) is 2. The minimum atomic E-state index is 0.0730. The Balaban J connectivity index is 2.05. The summed E-state index contributed by atoms with van der Waals surface area (Å²) < 4.78 is 1.79. The first-order chi connectivity index (χ1) is 7.22. The van der Waals surface area contributed by atoms with Gasteiger partial charge in [-0.15, -0.1) is 0 Å². The third-order valence-electron chi connectivity index (χ3n) is 2.16. The molecule has 1 rings (SSSR count). The highest BCUT2D eigenvalue weighted by Gasteiger charge is 1.98. The zero-order chi connectivity index (χ0) is 11.1. The highest BCUT2D eigenvalue weighted by molar-refractivity contribution is 5.75. The molecule has 0 aliphatic carbocycles. The Kier molecular flexibility index (Phi) is 4.83. The fraction of sp³-hybridized carbons (Fsp3) is 0.600. The van der Waals surface area contributed by atoms with Crippen molar-refractivity contribution in [3.63, 3.8) is 0 Å². The van der Waals surface area contributed by atoms with Crippen LogP contribution < -0.4 is 10.6 Å². The van der Waals surface area contributed by atoms with Gasteiger partial charge in [-0.2, -0.15) is 5.10 Å². The molecule has 0 aromatic carbocycles. The van der Waals surface area contributed by atoms with Gasteiger partial charge in [-0.1, -0.05) is 0 Å². The van der Waals surface area contributed by atoms with E-state index in [0.717, 1.165) is 19.5 Å². The molecule has 0 saturated heterocycles. The summed E-state index contributed by atoms with van der Waals surface area (Å²) in [6.07, 6.45) is 5.34. The average Bonchev–Trinajstić information content (AvgIpc) is 2.63. The van der Waals surface area contributed by atoms with Crippen LogP contribution in [0.3, 0.4) is 0 Å². The number of rotatable bonds is 6. The fourth-order valence-corrected chi connectivity index (χ4v) is 1.29. The van der Waals surface area contributed by atoms with Crippen LogP contribution >= 0.6 is 0 Å². The van der Waals surface area contributed by atoms with Gasteiger partial charge in [-0.3, -0.25) is 9.48 Å². The van der Waals surface area contributed by atoms with Crippen molar-refractivity contribution >= 4 is 5.91 Å². The summed E-state index contributed by atoms with van der Waals surface area (Å²) in [7, 11) is 3.56. The first-order valence-corrected chi connectivity index (χ1v) is 5.11. The number of hydrogen-bond donors (Lipinski definition) is 2. The lowest BCUT2D eigenvalue weighted by atomic mass is 10.2. The Morgan fingerprint density at radius 1 is 1.53 bits per heavy atom. The highest BCUT2D eigenvalue weighted by atomic mass is 16.1. The quantitative estimate of drug-likeness (QED) is 0.633. The number of carbonyl (C=O) groups excluding carboxylic acids is 1. The van der Waals surface area contributed by atoms with Crippen molar-refractivity contribution in [1.82, 2.24) is 20.4 Å². The zero-order valence-electron chi connectivity index (χ0n) is 9.29. The number of carbonyl (C=O) groups is 1. The van der Waals surface area contributed by atoms with Crippen LogP contribution in [0.5, 0.6) is 0 Å². The lowest BCUT2D eigenvalue weighted by Gasteiger charge is -2.02. The topological polar surface area (TPSA) is 59.0 Å². The molecule has 0 aliphatic heterocycles. The van der Waals surface area contributed by atoms with E-state index in [1.165, 1.54) is 5.56 Å². The summed E-state index contributed by atoms with van der Waals surface area (Å²) in [6, 6.07) is 0. The fourth-order valence-electron chi connectivity index (χ4n) is 1.29. The Labute approximate surface area is 89.9 Å². The van der Waals surface area contributed by atoms with E-state index in [-0.39, 0.29) is 5.91 Å². The smallest absolute Gasteiger partial charge is 0.221 e. The van der Waals surface area contributed by atoms with Crippen LogP contribution in [-0.2, 0) is 18.3 Å². The van der Waals surface area contributed by atoms with Crippen LogP contribution in [-0.4, -0.2) is 35.8 Å². The molecule has 0 unspecified atom stereocenters. The highest BCUT2D eigenvalue weighted by Crippen LogP contribution is 1.95. The van der Waals surface area contributed by atoms with Gasteiger partial charge >= 0.3 is 0 Å². The second-order valence-corrected chi connectivity index (χ2v) is 3.45. The third kappa shape index (κ3) is 4.60. The Bertz CT molecular complexity index is 308. The van der Waals surface area contributed by atoms with Gasteiger partial charge in [0.1, 0.15) is 0 Å². The van der Waals surface area contributed by atoms with Crippen molar-refractivity contribution in [2.45, 2.75) is 12.8 Å². The summed E-state index contributed by atoms with van der Waals surface area (Å²) in [5.41, 5.74) is 1.21. The molecule has 15 heavy (non-hydrogen) atoms. The number of hydrogen-bond acceptors (Lipinski definition) is 3. The standard InChI is InChI=1S/C10H18N4O/c1-11-10(15)4-6-12-5-3-9-7-13-14(2)8-9/h7-8,12H,3-6H2,1-2H3,(H,11,15). The molecule has 0 aliphatic rings. The maximum absolute atomic E-state index is 10.9. The minimum Gasteiger partial charge on any atom is -0.359 e. The monoisotopic (exact) mass is 210 g/mol. The molecule has 0 radical (unpaired) electrons. The van der Waals surface area contributed by atoms with Gasteiger partial charge < -0.3 is 10.6 Å². The molecule has 5 heteroatoms. The molecular weight excluding hydrogens is 192 g/mol. The predicted molar refractivity (Wildman–Crippen MR) is 58.5 cm³/mol. The SMILES string of the molecule is CNC(=O)CCNCCc1cnn(C)c1. The lowest BCUT2D eigenvalue weighted by Crippen LogP contribution is -2.25. The normalized spacial score (nSPS) is 10.3. The summed E-state index contributed by atoms with van der Waals surface area (Å²) >= 11 is 0. The summed E-state index contributed by atoms with van der Waals surface area (Å²) in [5.74, 6) is 0.0730. The maximum atomic E-state index is 10.9. The molecule has 2 N–H and O–H groups in total. The van der Waals surface area contributed by atoms with Crippen molar-refractivity contribution < 1.29 is 4.79 Å². The summed E-state index contributed by atoms with van der Waals surface area (Å²) in [5, 5.41) is 9.88. The average molecular weight is 210 g/mol. The largest absolute Gasteiger partial charge is 0.359 e. The molecule has 0 fully saturated rings.